The van der Waals surface area contributed by atoms with Crippen molar-refractivity contribution < 1.29 is 14.4 Å². The Balaban J connectivity index is 1.50. The zero-order chi connectivity index (χ0) is 20.4. The summed E-state index contributed by atoms with van der Waals surface area (Å²) in [5.74, 6) is -0.599. The van der Waals surface area contributed by atoms with E-state index in [0.29, 0.717) is 12.1 Å². The molecule has 6 heteroatoms. The maximum Gasteiger partial charge on any atom is 0.325 e. The van der Waals surface area contributed by atoms with Gasteiger partial charge in [0.25, 0.3) is 5.91 Å². The number of amides is 4. The molecule has 2 N–H and O–H groups in total. The summed E-state index contributed by atoms with van der Waals surface area (Å²) < 4.78 is 0. The SMILES string of the molecule is C[C@H]1CCCC[C@@]12NC(=O)N(CC(=O)Nc1ccccc1-c1ccccc1)C2=O. The minimum atomic E-state index is -0.850. The molecule has 2 aromatic rings. The first-order valence-corrected chi connectivity index (χ1v) is 10.1. The van der Waals surface area contributed by atoms with Gasteiger partial charge in [0.05, 0.1) is 0 Å². The summed E-state index contributed by atoms with van der Waals surface area (Å²) in [6.45, 7) is 1.71. The van der Waals surface area contributed by atoms with Gasteiger partial charge in [0, 0.05) is 11.3 Å². The van der Waals surface area contributed by atoms with Crippen LogP contribution >= 0.6 is 0 Å². The molecule has 0 radical (unpaired) electrons. The zero-order valence-electron chi connectivity index (χ0n) is 16.5. The van der Waals surface area contributed by atoms with Crippen LogP contribution in [0.15, 0.2) is 54.6 Å². The van der Waals surface area contributed by atoms with E-state index in [1.54, 1.807) is 0 Å². The summed E-state index contributed by atoms with van der Waals surface area (Å²) in [5.41, 5.74) is 1.67. The Morgan fingerprint density at radius 3 is 2.59 bits per heavy atom. The number of benzene rings is 2. The van der Waals surface area contributed by atoms with Crippen LogP contribution in [0, 0.1) is 5.92 Å². The van der Waals surface area contributed by atoms with Gasteiger partial charge in [-0.2, -0.15) is 0 Å². The maximum absolute atomic E-state index is 13.0. The summed E-state index contributed by atoms with van der Waals surface area (Å²) in [4.78, 5) is 39.3. The standard InChI is InChI=1S/C23H25N3O3/c1-16-9-7-8-14-23(16)21(28)26(22(29)25-23)15-20(27)24-19-13-6-5-12-18(19)17-10-3-2-4-11-17/h2-6,10-13,16H,7-9,14-15H2,1H3,(H,24,27)(H,25,29)/t16-,23+/m0/s1. The van der Waals surface area contributed by atoms with Crippen LogP contribution in [0.3, 0.4) is 0 Å². The van der Waals surface area contributed by atoms with E-state index in [1.807, 2.05) is 61.5 Å². The molecule has 1 heterocycles. The minimum Gasteiger partial charge on any atom is -0.324 e. The zero-order valence-corrected chi connectivity index (χ0v) is 16.5. The van der Waals surface area contributed by atoms with Crippen molar-refractivity contribution in [1.29, 1.82) is 0 Å². The van der Waals surface area contributed by atoms with Crippen LogP contribution in [-0.2, 0) is 9.59 Å². The van der Waals surface area contributed by atoms with E-state index in [-0.39, 0.29) is 18.4 Å². The average molecular weight is 391 g/mol. The number of carbonyl (C=O) groups is 3. The fourth-order valence-corrected chi connectivity index (χ4v) is 4.43. The molecule has 6 nitrogen and oxygen atoms in total. The van der Waals surface area contributed by atoms with Crippen LogP contribution < -0.4 is 10.6 Å². The minimum absolute atomic E-state index is 0.0690. The topological polar surface area (TPSA) is 78.5 Å². The van der Waals surface area contributed by atoms with Crippen LogP contribution in [0.2, 0.25) is 0 Å². The lowest BCUT2D eigenvalue weighted by molar-refractivity contribution is -0.136. The maximum atomic E-state index is 13.0. The summed E-state index contributed by atoms with van der Waals surface area (Å²) in [7, 11) is 0. The summed E-state index contributed by atoms with van der Waals surface area (Å²) in [5, 5.41) is 5.75. The lowest BCUT2D eigenvalue weighted by Gasteiger charge is -2.36. The molecular formula is C23H25N3O3. The number of para-hydroxylation sites is 1. The first-order valence-electron chi connectivity index (χ1n) is 10.1. The summed E-state index contributed by atoms with van der Waals surface area (Å²) in [6, 6.07) is 16.8. The highest BCUT2D eigenvalue weighted by molar-refractivity contribution is 6.10. The van der Waals surface area contributed by atoms with Gasteiger partial charge in [-0.3, -0.25) is 14.5 Å². The van der Waals surface area contributed by atoms with Crippen molar-refractivity contribution in [2.75, 3.05) is 11.9 Å². The predicted molar refractivity (Wildman–Crippen MR) is 111 cm³/mol. The first kappa shape index (κ1) is 19.2. The van der Waals surface area contributed by atoms with Gasteiger partial charge in [0.1, 0.15) is 12.1 Å². The van der Waals surface area contributed by atoms with Gasteiger partial charge in [-0.15, -0.1) is 0 Å². The van der Waals surface area contributed by atoms with Gasteiger partial charge < -0.3 is 10.6 Å². The molecule has 29 heavy (non-hydrogen) atoms. The highest BCUT2D eigenvalue weighted by Gasteiger charge is 2.55. The summed E-state index contributed by atoms with van der Waals surface area (Å²) >= 11 is 0. The number of hydrogen-bond acceptors (Lipinski definition) is 3. The highest BCUT2D eigenvalue weighted by atomic mass is 16.2. The van der Waals surface area contributed by atoms with Crippen LogP contribution in [0.4, 0.5) is 10.5 Å². The van der Waals surface area contributed by atoms with E-state index in [2.05, 4.69) is 10.6 Å². The molecule has 1 saturated heterocycles. The monoisotopic (exact) mass is 391 g/mol. The molecule has 2 fully saturated rings. The molecule has 1 saturated carbocycles. The molecule has 2 aromatic carbocycles. The Labute approximate surface area is 170 Å². The number of hydrogen-bond donors (Lipinski definition) is 2. The van der Waals surface area contributed by atoms with E-state index in [1.165, 1.54) is 0 Å². The number of imide groups is 1. The van der Waals surface area contributed by atoms with E-state index in [0.717, 1.165) is 35.3 Å². The van der Waals surface area contributed by atoms with E-state index >= 15 is 0 Å². The fraction of sp³-hybridized carbons (Fsp3) is 0.348. The van der Waals surface area contributed by atoms with Gasteiger partial charge in [-0.25, -0.2) is 4.79 Å². The fourth-order valence-electron chi connectivity index (χ4n) is 4.43. The third-order valence-corrected chi connectivity index (χ3v) is 6.09. The van der Waals surface area contributed by atoms with Crippen LogP contribution in [0.5, 0.6) is 0 Å². The van der Waals surface area contributed by atoms with Crippen LogP contribution in [0.1, 0.15) is 32.6 Å². The number of anilines is 1. The molecule has 1 aliphatic heterocycles. The quantitative estimate of drug-likeness (QED) is 0.779. The van der Waals surface area contributed by atoms with Gasteiger partial charge in [-0.05, 0) is 30.4 Å². The molecule has 4 rings (SSSR count). The van der Waals surface area contributed by atoms with Crippen molar-refractivity contribution in [2.24, 2.45) is 5.92 Å². The Morgan fingerprint density at radius 2 is 1.83 bits per heavy atom. The average Bonchev–Trinajstić information content (AvgIpc) is 2.96. The molecule has 1 aliphatic carbocycles. The Morgan fingerprint density at radius 1 is 1.10 bits per heavy atom. The van der Waals surface area contributed by atoms with Crippen molar-refractivity contribution >= 4 is 23.5 Å². The first-order chi connectivity index (χ1) is 14.0. The number of nitrogens with one attached hydrogen (secondary N) is 2. The van der Waals surface area contributed by atoms with Crippen molar-refractivity contribution in [3.05, 3.63) is 54.6 Å². The van der Waals surface area contributed by atoms with Crippen molar-refractivity contribution in [3.8, 4) is 11.1 Å². The third-order valence-electron chi connectivity index (χ3n) is 6.09. The molecule has 0 unspecified atom stereocenters. The second-order valence-electron chi connectivity index (χ2n) is 7.90. The number of urea groups is 1. The van der Waals surface area contributed by atoms with Crippen LogP contribution in [0.25, 0.3) is 11.1 Å². The molecule has 150 valence electrons. The van der Waals surface area contributed by atoms with E-state index < -0.39 is 17.5 Å². The highest BCUT2D eigenvalue weighted by Crippen LogP contribution is 2.38. The van der Waals surface area contributed by atoms with Gasteiger partial charge in [-0.1, -0.05) is 68.3 Å². The van der Waals surface area contributed by atoms with Gasteiger partial charge >= 0.3 is 6.03 Å². The predicted octanol–water partition coefficient (Wildman–Crippen LogP) is 3.79. The lowest BCUT2D eigenvalue weighted by Crippen LogP contribution is -2.54. The lowest BCUT2D eigenvalue weighted by atomic mass is 9.73. The summed E-state index contributed by atoms with van der Waals surface area (Å²) in [6.07, 6.45) is 3.49. The second-order valence-corrected chi connectivity index (χ2v) is 7.90. The molecule has 0 bridgehead atoms. The van der Waals surface area contributed by atoms with E-state index in [4.69, 9.17) is 0 Å². The number of nitrogens with zero attached hydrogens (tertiary/aromatic N) is 1. The Kier molecular flexibility index (Phi) is 5.09. The van der Waals surface area contributed by atoms with Crippen molar-refractivity contribution in [3.63, 3.8) is 0 Å². The molecule has 2 aliphatic rings. The molecular weight excluding hydrogens is 366 g/mol. The van der Waals surface area contributed by atoms with Gasteiger partial charge in [0.2, 0.25) is 5.91 Å². The van der Waals surface area contributed by atoms with Crippen molar-refractivity contribution in [1.82, 2.24) is 10.2 Å². The van der Waals surface area contributed by atoms with Crippen LogP contribution in [-0.4, -0.2) is 34.8 Å². The second kappa shape index (κ2) is 7.70. The largest absolute Gasteiger partial charge is 0.325 e. The van der Waals surface area contributed by atoms with Crippen molar-refractivity contribution in [2.45, 2.75) is 38.1 Å². The molecule has 1 spiro atoms. The smallest absolute Gasteiger partial charge is 0.324 e. The van der Waals surface area contributed by atoms with Gasteiger partial charge in [0.15, 0.2) is 0 Å². The number of carbonyl (C=O) groups excluding carboxylic acids is 3. The Bertz CT molecular complexity index is 943. The third kappa shape index (κ3) is 3.50. The Hall–Kier alpha value is -3.15. The number of rotatable bonds is 4. The molecule has 0 aromatic heterocycles. The normalized spacial score (nSPS) is 23.9. The molecule has 4 amide bonds. The molecule has 2 atom stereocenters. The van der Waals surface area contributed by atoms with E-state index in [9.17, 15) is 14.4 Å².